The number of carbonyl (C=O) groups excluding carboxylic acids is 1. The number of nitrogens with one attached hydrogen (secondary N) is 2. The van der Waals surface area contributed by atoms with E-state index in [2.05, 4.69) is 10.6 Å². The molecule has 0 radical (unpaired) electrons. The van der Waals surface area contributed by atoms with Crippen molar-refractivity contribution in [3.05, 3.63) is 0 Å². The maximum Gasteiger partial charge on any atom is 0.149 e. The first-order valence-electron chi connectivity index (χ1n) is 5.10. The lowest BCUT2D eigenvalue weighted by Gasteiger charge is -2.13. The highest BCUT2D eigenvalue weighted by Gasteiger charge is 2.12. The third-order valence-electron chi connectivity index (χ3n) is 2.26. The molecule has 0 rings (SSSR count). The van der Waals surface area contributed by atoms with E-state index < -0.39 is 0 Å². The fourth-order valence-electron chi connectivity index (χ4n) is 1.36. The van der Waals surface area contributed by atoms with Gasteiger partial charge in [0, 0.05) is 6.42 Å². The second-order valence-corrected chi connectivity index (χ2v) is 3.26. The molecule has 1 atom stereocenters. The summed E-state index contributed by atoms with van der Waals surface area (Å²) < 4.78 is 0. The molecule has 0 saturated carbocycles. The molecule has 0 unspecified atom stereocenters. The molecule has 0 fully saturated rings. The molecule has 0 amide bonds. The molecule has 0 spiro atoms. The van der Waals surface area contributed by atoms with Crippen LogP contribution in [0.4, 0.5) is 0 Å². The Morgan fingerprint density at radius 1 is 1.31 bits per heavy atom. The highest BCUT2D eigenvalue weighted by molar-refractivity contribution is 5.83. The predicted octanol–water partition coefficient (Wildman–Crippen LogP) is 0.943. The summed E-state index contributed by atoms with van der Waals surface area (Å²) in [5.41, 5.74) is 0. The van der Waals surface area contributed by atoms with Gasteiger partial charge in [0.1, 0.15) is 5.78 Å². The summed E-state index contributed by atoms with van der Waals surface area (Å²) in [6.07, 6.45) is 3.85. The van der Waals surface area contributed by atoms with Crippen molar-refractivity contribution < 1.29 is 4.79 Å². The molecule has 0 aromatic heterocycles. The van der Waals surface area contributed by atoms with E-state index in [0.29, 0.717) is 12.2 Å². The van der Waals surface area contributed by atoms with Gasteiger partial charge in [0.05, 0.1) is 6.04 Å². The molecule has 78 valence electrons. The van der Waals surface area contributed by atoms with Crippen LogP contribution in [0.1, 0.15) is 32.6 Å². The van der Waals surface area contributed by atoms with E-state index in [4.69, 9.17) is 0 Å². The van der Waals surface area contributed by atoms with Crippen LogP contribution in [0.2, 0.25) is 0 Å². The Labute approximate surface area is 81.3 Å². The van der Waals surface area contributed by atoms with Gasteiger partial charge in [-0.25, -0.2) is 0 Å². The topological polar surface area (TPSA) is 41.1 Å². The van der Waals surface area contributed by atoms with Gasteiger partial charge in [-0.2, -0.15) is 0 Å². The monoisotopic (exact) mass is 186 g/mol. The van der Waals surface area contributed by atoms with Gasteiger partial charge in [-0.1, -0.05) is 13.3 Å². The van der Waals surface area contributed by atoms with Gasteiger partial charge < -0.3 is 10.6 Å². The minimum atomic E-state index is 0.0712. The third-order valence-corrected chi connectivity index (χ3v) is 2.26. The van der Waals surface area contributed by atoms with E-state index >= 15 is 0 Å². The maximum absolute atomic E-state index is 11.3. The quantitative estimate of drug-likeness (QED) is 0.554. The van der Waals surface area contributed by atoms with Crippen molar-refractivity contribution in [3.63, 3.8) is 0 Å². The fraction of sp³-hybridized carbons (Fsp3) is 0.900. The van der Waals surface area contributed by atoms with E-state index in [1.807, 2.05) is 21.0 Å². The van der Waals surface area contributed by atoms with Gasteiger partial charge in [0.15, 0.2) is 0 Å². The molecule has 0 aromatic rings. The van der Waals surface area contributed by atoms with Crippen molar-refractivity contribution in [1.29, 1.82) is 0 Å². The summed E-state index contributed by atoms with van der Waals surface area (Å²) in [6.45, 7) is 2.96. The molecule has 13 heavy (non-hydrogen) atoms. The minimum Gasteiger partial charge on any atom is -0.320 e. The van der Waals surface area contributed by atoms with Crippen molar-refractivity contribution in [2.45, 2.75) is 38.6 Å². The molecule has 0 aromatic carbocycles. The van der Waals surface area contributed by atoms with Gasteiger partial charge in [-0.05, 0) is 33.5 Å². The number of carbonyl (C=O) groups is 1. The van der Waals surface area contributed by atoms with Crippen LogP contribution in [-0.2, 0) is 4.79 Å². The SMILES string of the molecule is CCC(=O)[C@H](CCCCNC)NC. The molecule has 2 N–H and O–H groups in total. The van der Waals surface area contributed by atoms with E-state index in [1.165, 1.54) is 0 Å². The Hall–Kier alpha value is -0.410. The van der Waals surface area contributed by atoms with Crippen LogP contribution in [0.15, 0.2) is 0 Å². The number of unbranched alkanes of at least 4 members (excludes halogenated alkanes) is 1. The Morgan fingerprint density at radius 2 is 2.00 bits per heavy atom. The van der Waals surface area contributed by atoms with Crippen LogP contribution in [-0.4, -0.2) is 32.5 Å². The molecule has 0 aliphatic heterocycles. The largest absolute Gasteiger partial charge is 0.320 e. The molecular formula is C10H22N2O. The molecule has 3 nitrogen and oxygen atoms in total. The van der Waals surface area contributed by atoms with Crippen LogP contribution in [0.3, 0.4) is 0 Å². The van der Waals surface area contributed by atoms with E-state index in [0.717, 1.165) is 25.8 Å². The highest BCUT2D eigenvalue weighted by atomic mass is 16.1. The zero-order chi connectivity index (χ0) is 10.1. The lowest BCUT2D eigenvalue weighted by atomic mass is 10.0. The average molecular weight is 186 g/mol. The van der Waals surface area contributed by atoms with Crippen molar-refractivity contribution in [2.24, 2.45) is 0 Å². The van der Waals surface area contributed by atoms with Crippen LogP contribution in [0, 0.1) is 0 Å². The lowest BCUT2D eigenvalue weighted by molar-refractivity contribution is -0.120. The van der Waals surface area contributed by atoms with Gasteiger partial charge in [-0.15, -0.1) is 0 Å². The van der Waals surface area contributed by atoms with Crippen LogP contribution in [0.5, 0.6) is 0 Å². The summed E-state index contributed by atoms with van der Waals surface area (Å²) in [7, 11) is 3.81. The van der Waals surface area contributed by atoms with Crippen molar-refractivity contribution in [1.82, 2.24) is 10.6 Å². The van der Waals surface area contributed by atoms with Crippen molar-refractivity contribution in [3.8, 4) is 0 Å². The Bertz CT molecular complexity index is 137. The predicted molar refractivity (Wildman–Crippen MR) is 55.9 cm³/mol. The number of rotatable bonds is 8. The lowest BCUT2D eigenvalue weighted by Crippen LogP contribution is -2.33. The summed E-state index contributed by atoms with van der Waals surface area (Å²) in [5.74, 6) is 0.326. The van der Waals surface area contributed by atoms with Gasteiger partial charge >= 0.3 is 0 Å². The molecule has 0 heterocycles. The Kier molecular flexibility index (Phi) is 7.94. The smallest absolute Gasteiger partial charge is 0.149 e. The summed E-state index contributed by atoms with van der Waals surface area (Å²) in [6, 6.07) is 0.0712. The summed E-state index contributed by atoms with van der Waals surface area (Å²) in [4.78, 5) is 11.3. The fourth-order valence-corrected chi connectivity index (χ4v) is 1.36. The number of hydrogen-bond donors (Lipinski definition) is 2. The Balaban J connectivity index is 3.53. The van der Waals surface area contributed by atoms with Crippen LogP contribution < -0.4 is 10.6 Å². The van der Waals surface area contributed by atoms with Crippen LogP contribution in [0.25, 0.3) is 0 Å². The average Bonchev–Trinajstić information content (AvgIpc) is 2.17. The van der Waals surface area contributed by atoms with Gasteiger partial charge in [0.25, 0.3) is 0 Å². The first-order chi connectivity index (χ1) is 6.26. The van der Waals surface area contributed by atoms with Crippen molar-refractivity contribution >= 4 is 5.78 Å². The normalized spacial score (nSPS) is 12.8. The first-order valence-corrected chi connectivity index (χ1v) is 5.10. The zero-order valence-electron chi connectivity index (χ0n) is 9.02. The van der Waals surface area contributed by atoms with Gasteiger partial charge in [-0.3, -0.25) is 4.79 Å². The molecule has 0 aliphatic rings. The standard InChI is InChI=1S/C10H22N2O/c1-4-10(13)9(12-3)7-5-6-8-11-2/h9,11-12H,4-8H2,1-3H3/t9-/m0/s1. The second-order valence-electron chi connectivity index (χ2n) is 3.26. The summed E-state index contributed by atoms with van der Waals surface area (Å²) in [5, 5.41) is 6.16. The number of hydrogen-bond acceptors (Lipinski definition) is 3. The van der Waals surface area contributed by atoms with E-state index in [1.54, 1.807) is 0 Å². The molecule has 0 bridgehead atoms. The van der Waals surface area contributed by atoms with E-state index in [9.17, 15) is 4.79 Å². The van der Waals surface area contributed by atoms with E-state index in [-0.39, 0.29) is 6.04 Å². The van der Waals surface area contributed by atoms with Gasteiger partial charge in [0.2, 0.25) is 0 Å². The number of ketones is 1. The highest BCUT2D eigenvalue weighted by Crippen LogP contribution is 2.02. The first kappa shape index (κ1) is 12.6. The molecular weight excluding hydrogens is 164 g/mol. The maximum atomic E-state index is 11.3. The molecule has 0 saturated heterocycles. The third kappa shape index (κ3) is 5.77. The van der Waals surface area contributed by atoms with Crippen molar-refractivity contribution in [2.75, 3.05) is 20.6 Å². The second kappa shape index (κ2) is 8.20. The zero-order valence-corrected chi connectivity index (χ0v) is 9.02. The Morgan fingerprint density at radius 3 is 2.46 bits per heavy atom. The van der Waals surface area contributed by atoms with Crippen LogP contribution >= 0.6 is 0 Å². The molecule has 0 aliphatic carbocycles. The summed E-state index contributed by atoms with van der Waals surface area (Å²) >= 11 is 0. The molecule has 3 heteroatoms. The minimum absolute atomic E-state index is 0.0712. The number of Topliss-reactive ketones (excluding diaryl/α,β-unsaturated/α-hetero) is 1. The number of likely N-dealkylation sites (N-methyl/N-ethyl adjacent to an activating group) is 1.